The average Bonchev–Trinajstić information content (AvgIpc) is 3.11. The van der Waals surface area contributed by atoms with Gasteiger partial charge in [0.15, 0.2) is 0 Å². The lowest BCUT2D eigenvalue weighted by Crippen LogP contribution is -2.37. The van der Waals surface area contributed by atoms with Crippen LogP contribution in [0.15, 0.2) is 30.5 Å². The van der Waals surface area contributed by atoms with Gasteiger partial charge in [0, 0.05) is 23.6 Å². The molecule has 0 saturated carbocycles. The SMILES string of the molecule is CSC(C)CN1CCCCC1c1nc(-c2ccc(C(C)(C)C)cc2)c[nH]1. The van der Waals surface area contributed by atoms with Crippen LogP contribution in [0.25, 0.3) is 11.3 Å². The zero-order valence-electron chi connectivity index (χ0n) is 16.9. The number of imidazole rings is 1. The first kappa shape index (κ1) is 19.5. The van der Waals surface area contributed by atoms with Gasteiger partial charge in [-0.05, 0) is 36.6 Å². The van der Waals surface area contributed by atoms with E-state index >= 15 is 0 Å². The molecule has 26 heavy (non-hydrogen) atoms. The van der Waals surface area contributed by atoms with Crippen molar-refractivity contribution in [1.82, 2.24) is 14.9 Å². The minimum absolute atomic E-state index is 0.186. The van der Waals surface area contributed by atoms with Crippen LogP contribution in [0.3, 0.4) is 0 Å². The van der Waals surface area contributed by atoms with E-state index in [1.165, 1.54) is 36.9 Å². The van der Waals surface area contributed by atoms with Gasteiger partial charge in [-0.2, -0.15) is 11.8 Å². The molecule has 0 radical (unpaired) electrons. The predicted octanol–water partition coefficient (Wildman–Crippen LogP) is 5.65. The standard InChI is InChI=1S/C22H33N3S/c1-16(26-5)15-25-13-7-6-8-20(25)21-23-14-19(24-21)17-9-11-18(12-10-17)22(2,3)4/h9-12,14,16,20H,6-8,13,15H2,1-5H3,(H,23,24). The van der Waals surface area contributed by atoms with Crippen molar-refractivity contribution in [3.05, 3.63) is 41.9 Å². The van der Waals surface area contributed by atoms with Gasteiger partial charge in [-0.25, -0.2) is 4.98 Å². The van der Waals surface area contributed by atoms with Crippen LogP contribution < -0.4 is 0 Å². The van der Waals surface area contributed by atoms with Gasteiger partial charge in [0.25, 0.3) is 0 Å². The number of nitrogens with one attached hydrogen (secondary N) is 1. The largest absolute Gasteiger partial charge is 0.347 e. The number of rotatable bonds is 5. The minimum atomic E-state index is 0.186. The number of hydrogen-bond acceptors (Lipinski definition) is 3. The Balaban J connectivity index is 1.77. The number of piperidine rings is 1. The highest BCUT2D eigenvalue weighted by atomic mass is 32.2. The Morgan fingerprint density at radius 2 is 1.96 bits per heavy atom. The van der Waals surface area contributed by atoms with E-state index in [1.54, 1.807) is 0 Å². The lowest BCUT2D eigenvalue weighted by molar-refractivity contribution is 0.145. The monoisotopic (exact) mass is 371 g/mol. The average molecular weight is 372 g/mol. The molecule has 0 bridgehead atoms. The van der Waals surface area contributed by atoms with Crippen molar-refractivity contribution in [3.8, 4) is 11.3 Å². The van der Waals surface area contributed by atoms with Crippen molar-refractivity contribution in [2.45, 2.75) is 63.7 Å². The van der Waals surface area contributed by atoms with Crippen LogP contribution in [0, 0.1) is 0 Å². The summed E-state index contributed by atoms with van der Waals surface area (Å²) in [5.41, 5.74) is 3.80. The molecule has 3 nitrogen and oxygen atoms in total. The summed E-state index contributed by atoms with van der Waals surface area (Å²) in [6.45, 7) is 11.4. The van der Waals surface area contributed by atoms with E-state index in [1.807, 2.05) is 11.8 Å². The van der Waals surface area contributed by atoms with Crippen LogP contribution in [0.1, 0.15) is 64.4 Å². The van der Waals surface area contributed by atoms with Gasteiger partial charge in [-0.1, -0.05) is 58.4 Å². The number of thioether (sulfide) groups is 1. The number of benzene rings is 1. The van der Waals surface area contributed by atoms with Gasteiger partial charge in [-0.15, -0.1) is 0 Å². The molecule has 2 heterocycles. The molecule has 1 aliphatic rings. The molecular formula is C22H33N3S. The summed E-state index contributed by atoms with van der Waals surface area (Å²) < 4.78 is 0. The zero-order valence-corrected chi connectivity index (χ0v) is 17.7. The number of aromatic amines is 1. The molecule has 1 aromatic carbocycles. The van der Waals surface area contributed by atoms with E-state index < -0.39 is 0 Å². The first-order valence-corrected chi connectivity index (χ1v) is 11.1. The molecule has 0 spiro atoms. The van der Waals surface area contributed by atoms with Gasteiger partial charge in [-0.3, -0.25) is 4.90 Å². The summed E-state index contributed by atoms with van der Waals surface area (Å²) in [6, 6.07) is 9.30. The number of likely N-dealkylation sites (tertiary alicyclic amines) is 1. The third kappa shape index (κ3) is 4.52. The highest BCUT2D eigenvalue weighted by Gasteiger charge is 2.27. The molecule has 0 amide bonds. The van der Waals surface area contributed by atoms with Crippen LogP contribution in [0.5, 0.6) is 0 Å². The lowest BCUT2D eigenvalue weighted by atomic mass is 9.86. The first-order valence-electron chi connectivity index (χ1n) is 9.81. The quantitative estimate of drug-likeness (QED) is 0.736. The molecule has 142 valence electrons. The smallest absolute Gasteiger partial charge is 0.124 e. The van der Waals surface area contributed by atoms with Crippen LogP contribution >= 0.6 is 11.8 Å². The van der Waals surface area contributed by atoms with E-state index in [0.717, 1.165) is 18.1 Å². The molecule has 1 aromatic heterocycles. The Bertz CT molecular complexity index is 699. The molecule has 2 unspecified atom stereocenters. The van der Waals surface area contributed by atoms with Crippen molar-refractivity contribution in [3.63, 3.8) is 0 Å². The second kappa shape index (κ2) is 8.18. The predicted molar refractivity (Wildman–Crippen MR) is 114 cm³/mol. The first-order chi connectivity index (χ1) is 12.4. The van der Waals surface area contributed by atoms with E-state index in [-0.39, 0.29) is 5.41 Å². The molecule has 1 aliphatic heterocycles. The number of nitrogens with zero attached hydrogens (tertiary/aromatic N) is 2. The third-order valence-corrected chi connectivity index (χ3v) is 6.42. The molecule has 4 heteroatoms. The van der Waals surface area contributed by atoms with Crippen LogP contribution in [-0.4, -0.2) is 39.5 Å². The normalized spacial score (nSPS) is 20.3. The Morgan fingerprint density at radius 1 is 1.23 bits per heavy atom. The summed E-state index contributed by atoms with van der Waals surface area (Å²) in [7, 11) is 0. The summed E-state index contributed by atoms with van der Waals surface area (Å²) in [6.07, 6.45) is 8.09. The summed E-state index contributed by atoms with van der Waals surface area (Å²) in [4.78, 5) is 11.1. The van der Waals surface area contributed by atoms with Gasteiger partial charge in [0.1, 0.15) is 5.82 Å². The molecular weight excluding hydrogens is 338 g/mol. The number of hydrogen-bond donors (Lipinski definition) is 1. The van der Waals surface area contributed by atoms with Crippen molar-refractivity contribution < 1.29 is 0 Å². The second-order valence-electron chi connectivity index (χ2n) is 8.55. The van der Waals surface area contributed by atoms with Crippen molar-refractivity contribution >= 4 is 11.8 Å². The fourth-order valence-corrected chi connectivity index (χ4v) is 4.06. The Morgan fingerprint density at radius 3 is 2.62 bits per heavy atom. The van der Waals surface area contributed by atoms with Crippen molar-refractivity contribution in [2.24, 2.45) is 0 Å². The zero-order chi connectivity index (χ0) is 18.7. The summed E-state index contributed by atoms with van der Waals surface area (Å²) >= 11 is 1.95. The summed E-state index contributed by atoms with van der Waals surface area (Å²) in [5.74, 6) is 1.13. The van der Waals surface area contributed by atoms with Crippen molar-refractivity contribution in [2.75, 3.05) is 19.3 Å². The number of H-pyrrole nitrogens is 1. The minimum Gasteiger partial charge on any atom is -0.347 e. The fraction of sp³-hybridized carbons (Fsp3) is 0.591. The maximum atomic E-state index is 4.98. The van der Waals surface area contributed by atoms with E-state index in [0.29, 0.717) is 11.3 Å². The lowest BCUT2D eigenvalue weighted by Gasteiger charge is -2.35. The molecule has 1 fully saturated rings. The van der Waals surface area contributed by atoms with Crippen LogP contribution in [-0.2, 0) is 5.41 Å². The summed E-state index contributed by atoms with van der Waals surface area (Å²) in [5, 5.41) is 0.662. The van der Waals surface area contributed by atoms with Crippen LogP contribution in [0.2, 0.25) is 0 Å². The van der Waals surface area contributed by atoms with Gasteiger partial charge < -0.3 is 4.98 Å². The molecule has 1 N–H and O–H groups in total. The molecule has 3 rings (SSSR count). The van der Waals surface area contributed by atoms with Gasteiger partial charge >= 0.3 is 0 Å². The third-order valence-electron chi connectivity index (χ3n) is 5.47. The Hall–Kier alpha value is -1.26. The fourth-order valence-electron chi connectivity index (χ4n) is 3.72. The topological polar surface area (TPSA) is 31.9 Å². The highest BCUT2D eigenvalue weighted by Crippen LogP contribution is 2.32. The molecule has 2 atom stereocenters. The molecule has 1 saturated heterocycles. The van der Waals surface area contributed by atoms with E-state index in [4.69, 9.17) is 4.98 Å². The second-order valence-corrected chi connectivity index (χ2v) is 9.83. The molecule has 0 aliphatic carbocycles. The molecule has 2 aromatic rings. The van der Waals surface area contributed by atoms with Crippen molar-refractivity contribution in [1.29, 1.82) is 0 Å². The van der Waals surface area contributed by atoms with E-state index in [2.05, 4.69) is 74.3 Å². The maximum Gasteiger partial charge on any atom is 0.124 e. The van der Waals surface area contributed by atoms with E-state index in [9.17, 15) is 0 Å². The van der Waals surface area contributed by atoms with Crippen LogP contribution in [0.4, 0.5) is 0 Å². The van der Waals surface area contributed by atoms with Gasteiger partial charge in [0.2, 0.25) is 0 Å². The highest BCUT2D eigenvalue weighted by molar-refractivity contribution is 7.99. The van der Waals surface area contributed by atoms with Gasteiger partial charge in [0.05, 0.1) is 11.7 Å². The Kier molecular flexibility index (Phi) is 6.13. The Labute approximate surface area is 163 Å². The maximum absolute atomic E-state index is 4.98. The number of aromatic nitrogens is 2.